The van der Waals surface area contributed by atoms with Crippen molar-refractivity contribution in [2.24, 2.45) is 0 Å². The highest BCUT2D eigenvalue weighted by Crippen LogP contribution is 2.29. The van der Waals surface area contributed by atoms with Gasteiger partial charge in [-0.25, -0.2) is 8.42 Å². The number of carbonyl (C=O) groups excluding carboxylic acids is 1. The molecule has 2 saturated heterocycles. The first kappa shape index (κ1) is 14.8. The van der Waals surface area contributed by atoms with Gasteiger partial charge in [-0.2, -0.15) is 0 Å². The van der Waals surface area contributed by atoms with Crippen molar-refractivity contribution in [3.63, 3.8) is 0 Å². The van der Waals surface area contributed by atoms with Crippen LogP contribution in [0.5, 0.6) is 0 Å². The molecular formula is C13H24N2O3S. The lowest BCUT2D eigenvalue weighted by molar-refractivity contribution is -0.132. The first-order chi connectivity index (χ1) is 8.82. The number of nitrogens with zero attached hydrogens (tertiary/aromatic N) is 2. The van der Waals surface area contributed by atoms with Crippen LogP contribution in [0.25, 0.3) is 0 Å². The molecule has 0 saturated carbocycles. The van der Waals surface area contributed by atoms with E-state index in [0.717, 1.165) is 32.1 Å². The van der Waals surface area contributed by atoms with Gasteiger partial charge in [-0.3, -0.25) is 4.79 Å². The maximum Gasteiger partial charge on any atom is 0.240 e. The van der Waals surface area contributed by atoms with Gasteiger partial charge in [0.15, 0.2) is 9.84 Å². The molecule has 2 rings (SSSR count). The lowest BCUT2D eigenvalue weighted by Crippen LogP contribution is -2.50. The Morgan fingerprint density at radius 3 is 2.26 bits per heavy atom. The van der Waals surface area contributed by atoms with Gasteiger partial charge in [0, 0.05) is 24.9 Å². The molecule has 0 spiro atoms. The number of likely N-dealkylation sites (tertiary alicyclic amines) is 2. The molecule has 5 nitrogen and oxygen atoms in total. The van der Waals surface area contributed by atoms with E-state index in [1.54, 1.807) is 0 Å². The van der Waals surface area contributed by atoms with E-state index >= 15 is 0 Å². The Kier molecular flexibility index (Phi) is 4.20. The number of carbonyl (C=O) groups is 1. The Balaban J connectivity index is 2.12. The van der Waals surface area contributed by atoms with Crippen molar-refractivity contribution < 1.29 is 13.2 Å². The summed E-state index contributed by atoms with van der Waals surface area (Å²) in [7, 11) is -1.21. The highest BCUT2D eigenvalue weighted by atomic mass is 32.2. The predicted molar refractivity (Wildman–Crippen MR) is 74.7 cm³/mol. The predicted octanol–water partition coefficient (Wildman–Crippen LogP) is 0.505. The van der Waals surface area contributed by atoms with Crippen LogP contribution in [0.4, 0.5) is 0 Å². The molecule has 2 aliphatic heterocycles. The van der Waals surface area contributed by atoms with E-state index in [4.69, 9.17) is 0 Å². The maximum absolute atomic E-state index is 12.4. The molecule has 1 amide bonds. The van der Waals surface area contributed by atoms with Gasteiger partial charge in [0.05, 0.1) is 0 Å². The van der Waals surface area contributed by atoms with Crippen molar-refractivity contribution in [1.29, 1.82) is 0 Å². The fourth-order valence-electron chi connectivity index (χ4n) is 3.30. The van der Waals surface area contributed by atoms with Gasteiger partial charge in [0.25, 0.3) is 0 Å². The summed E-state index contributed by atoms with van der Waals surface area (Å²) in [5, 5.41) is -0.917. The van der Waals surface area contributed by atoms with Crippen molar-refractivity contribution in [3.8, 4) is 0 Å². The van der Waals surface area contributed by atoms with E-state index < -0.39 is 15.1 Å². The number of hydrogen-bond acceptors (Lipinski definition) is 4. The van der Waals surface area contributed by atoms with Gasteiger partial charge in [0.1, 0.15) is 5.25 Å². The molecule has 2 fully saturated rings. The lowest BCUT2D eigenvalue weighted by atomic mass is 10.0. The highest BCUT2D eigenvalue weighted by molar-refractivity contribution is 7.92. The minimum Gasteiger partial charge on any atom is -0.337 e. The molecule has 6 heteroatoms. The van der Waals surface area contributed by atoms with Crippen LogP contribution < -0.4 is 0 Å². The third-order valence-electron chi connectivity index (χ3n) is 4.59. The maximum atomic E-state index is 12.4. The Hall–Kier alpha value is -0.620. The van der Waals surface area contributed by atoms with Crippen molar-refractivity contribution in [2.45, 2.75) is 49.9 Å². The third-order valence-corrected chi connectivity index (χ3v) is 6.08. The van der Waals surface area contributed by atoms with E-state index in [2.05, 4.69) is 11.9 Å². The second kappa shape index (κ2) is 5.40. The zero-order valence-corrected chi connectivity index (χ0v) is 12.8. The molecule has 19 heavy (non-hydrogen) atoms. The van der Waals surface area contributed by atoms with E-state index in [9.17, 15) is 13.2 Å². The second-order valence-corrected chi connectivity index (χ2v) is 8.27. The molecule has 0 N–H and O–H groups in total. The van der Waals surface area contributed by atoms with Crippen LogP contribution in [0.15, 0.2) is 0 Å². The van der Waals surface area contributed by atoms with Crippen molar-refractivity contribution >= 4 is 15.7 Å². The molecule has 0 aromatic heterocycles. The van der Waals surface area contributed by atoms with E-state index in [-0.39, 0.29) is 11.9 Å². The van der Waals surface area contributed by atoms with Gasteiger partial charge < -0.3 is 9.80 Å². The van der Waals surface area contributed by atoms with Crippen molar-refractivity contribution in [1.82, 2.24) is 9.80 Å². The average Bonchev–Trinajstić information content (AvgIpc) is 2.93. The van der Waals surface area contributed by atoms with Gasteiger partial charge >= 0.3 is 0 Å². The van der Waals surface area contributed by atoms with Gasteiger partial charge in [-0.15, -0.1) is 0 Å². The fourth-order valence-corrected chi connectivity index (χ4v) is 3.81. The zero-order valence-electron chi connectivity index (χ0n) is 12.0. The van der Waals surface area contributed by atoms with Crippen LogP contribution in [0.1, 0.15) is 32.6 Å². The van der Waals surface area contributed by atoms with Crippen molar-refractivity contribution in [3.05, 3.63) is 0 Å². The molecule has 110 valence electrons. The average molecular weight is 288 g/mol. The highest BCUT2D eigenvalue weighted by Gasteiger charge is 2.41. The summed E-state index contributed by atoms with van der Waals surface area (Å²) in [4.78, 5) is 16.5. The lowest BCUT2D eigenvalue weighted by Gasteiger charge is -2.34. The summed E-state index contributed by atoms with van der Waals surface area (Å²) < 4.78 is 23.1. The quantitative estimate of drug-likeness (QED) is 0.759. The normalized spacial score (nSPS) is 30.8. The van der Waals surface area contributed by atoms with Gasteiger partial charge in [-0.1, -0.05) is 0 Å². The second-order valence-electron chi connectivity index (χ2n) is 5.90. The summed E-state index contributed by atoms with van der Waals surface area (Å²) in [6.45, 7) is 3.28. The zero-order chi connectivity index (χ0) is 14.2. The van der Waals surface area contributed by atoms with Crippen LogP contribution in [0.3, 0.4) is 0 Å². The van der Waals surface area contributed by atoms with E-state index in [0.29, 0.717) is 12.6 Å². The Labute approximate surface area is 115 Å². The van der Waals surface area contributed by atoms with E-state index in [1.807, 2.05) is 4.90 Å². The Morgan fingerprint density at radius 2 is 1.74 bits per heavy atom. The molecule has 0 bridgehead atoms. The topological polar surface area (TPSA) is 57.7 Å². The Bertz CT molecular complexity index is 449. The molecule has 0 aromatic rings. The fraction of sp³-hybridized carbons (Fsp3) is 0.923. The summed E-state index contributed by atoms with van der Waals surface area (Å²) in [6.07, 6.45) is 5.40. The van der Waals surface area contributed by atoms with Crippen LogP contribution >= 0.6 is 0 Å². The van der Waals surface area contributed by atoms with E-state index in [1.165, 1.54) is 13.3 Å². The first-order valence-electron chi connectivity index (χ1n) is 7.02. The van der Waals surface area contributed by atoms with Crippen LogP contribution in [-0.2, 0) is 14.6 Å². The monoisotopic (exact) mass is 288 g/mol. The molecule has 0 aliphatic carbocycles. The summed E-state index contributed by atoms with van der Waals surface area (Å²) >= 11 is 0. The first-order valence-corrected chi connectivity index (χ1v) is 8.97. The third kappa shape index (κ3) is 2.94. The van der Waals surface area contributed by atoms with Crippen molar-refractivity contribution in [2.75, 3.05) is 26.4 Å². The molecule has 0 aromatic carbocycles. The van der Waals surface area contributed by atoms with Gasteiger partial charge in [0.2, 0.25) is 5.91 Å². The summed E-state index contributed by atoms with van der Waals surface area (Å²) in [5.74, 6) is -0.217. The SMILES string of the molecule is C[C@H](C(=O)N1CCC[C@@H]1[C@H]1CCCN1C)S(C)(=O)=O. The standard InChI is InChI=1S/C13H24N2O3S/c1-10(19(3,17)18)13(16)15-9-5-7-12(15)11-6-4-8-14(11)2/h10-12H,4-9H2,1-3H3/t10-,11-,12-/m1/s1. The Morgan fingerprint density at radius 1 is 1.16 bits per heavy atom. The summed E-state index contributed by atoms with van der Waals surface area (Å²) in [5.41, 5.74) is 0. The number of likely N-dealkylation sites (N-methyl/N-ethyl adjacent to an activating group) is 1. The largest absolute Gasteiger partial charge is 0.337 e. The minimum absolute atomic E-state index is 0.198. The van der Waals surface area contributed by atoms with Crippen LogP contribution in [-0.4, -0.2) is 67.9 Å². The smallest absolute Gasteiger partial charge is 0.240 e. The number of amides is 1. The molecule has 3 atom stereocenters. The minimum atomic E-state index is -3.30. The van der Waals surface area contributed by atoms with Gasteiger partial charge in [-0.05, 0) is 46.2 Å². The number of sulfone groups is 1. The molecule has 2 heterocycles. The molecule has 0 radical (unpaired) electrons. The number of hydrogen-bond donors (Lipinski definition) is 0. The number of rotatable bonds is 3. The molecule has 2 aliphatic rings. The molecular weight excluding hydrogens is 264 g/mol. The summed E-state index contributed by atoms with van der Waals surface area (Å²) in [6, 6.07) is 0.599. The van der Waals surface area contributed by atoms with Crippen LogP contribution in [0.2, 0.25) is 0 Å². The molecule has 0 unspecified atom stereocenters. The van der Waals surface area contributed by atoms with Crippen LogP contribution in [0, 0.1) is 0 Å².